The predicted octanol–water partition coefficient (Wildman–Crippen LogP) is 2.07. The van der Waals surface area contributed by atoms with Gasteiger partial charge in [0.05, 0.1) is 24.6 Å². The molecule has 1 saturated carbocycles. The number of aliphatic hydroxyl groups excluding tert-OH is 1. The second-order valence-corrected chi connectivity index (χ2v) is 5.25. The minimum atomic E-state index is -0.268. The molecule has 19 heavy (non-hydrogen) atoms. The third kappa shape index (κ3) is 2.99. The Hall–Kier alpha value is -1.73. The molecular formula is C15H21N3O. The average Bonchev–Trinajstić information content (AvgIpc) is 2.41. The zero-order valence-electron chi connectivity index (χ0n) is 11.3. The van der Waals surface area contributed by atoms with E-state index in [1.807, 2.05) is 25.2 Å². The molecule has 0 radical (unpaired) electrons. The maximum Gasteiger partial charge on any atom is 0.0743 e. The molecule has 2 atom stereocenters. The SMILES string of the molecule is CN(c1ccc(N)c(CC#N)c1)C1CCCCC1O. The maximum atomic E-state index is 10.1. The van der Waals surface area contributed by atoms with Gasteiger partial charge >= 0.3 is 0 Å². The summed E-state index contributed by atoms with van der Waals surface area (Å²) in [5.41, 5.74) is 8.40. The number of nitrogens with two attached hydrogens (primary N) is 1. The highest BCUT2D eigenvalue weighted by atomic mass is 16.3. The largest absolute Gasteiger partial charge is 0.398 e. The highest BCUT2D eigenvalue weighted by Gasteiger charge is 2.26. The number of aliphatic hydroxyl groups is 1. The number of nitriles is 1. The van der Waals surface area contributed by atoms with Crippen molar-refractivity contribution >= 4 is 11.4 Å². The normalized spacial score (nSPS) is 22.8. The van der Waals surface area contributed by atoms with Crippen LogP contribution in [0.15, 0.2) is 18.2 Å². The first-order valence-electron chi connectivity index (χ1n) is 6.79. The fraction of sp³-hybridized carbons (Fsp3) is 0.533. The monoisotopic (exact) mass is 259 g/mol. The third-order valence-corrected chi connectivity index (χ3v) is 3.99. The molecule has 0 bridgehead atoms. The Morgan fingerprint density at radius 2 is 2.16 bits per heavy atom. The Balaban J connectivity index is 2.21. The smallest absolute Gasteiger partial charge is 0.0743 e. The molecule has 2 unspecified atom stereocenters. The Kier molecular flexibility index (Phi) is 4.28. The Bertz CT molecular complexity index is 481. The molecule has 0 heterocycles. The van der Waals surface area contributed by atoms with Gasteiger partial charge in [-0.2, -0.15) is 5.26 Å². The molecule has 1 aliphatic carbocycles. The summed E-state index contributed by atoms with van der Waals surface area (Å²) in [5, 5.41) is 18.9. The van der Waals surface area contributed by atoms with Gasteiger partial charge < -0.3 is 15.7 Å². The number of benzene rings is 1. The van der Waals surface area contributed by atoms with Crippen molar-refractivity contribution in [1.29, 1.82) is 5.26 Å². The minimum absolute atomic E-state index is 0.160. The summed E-state index contributed by atoms with van der Waals surface area (Å²) < 4.78 is 0. The zero-order chi connectivity index (χ0) is 13.8. The molecule has 0 saturated heterocycles. The molecule has 0 amide bonds. The van der Waals surface area contributed by atoms with Crippen LogP contribution in [0.2, 0.25) is 0 Å². The van der Waals surface area contributed by atoms with Crippen molar-refractivity contribution in [3.05, 3.63) is 23.8 Å². The van der Waals surface area contributed by atoms with Crippen molar-refractivity contribution in [1.82, 2.24) is 0 Å². The van der Waals surface area contributed by atoms with Crippen LogP contribution in [0.5, 0.6) is 0 Å². The van der Waals surface area contributed by atoms with E-state index in [4.69, 9.17) is 11.0 Å². The number of rotatable bonds is 3. The van der Waals surface area contributed by atoms with Gasteiger partial charge in [0.2, 0.25) is 0 Å². The van der Waals surface area contributed by atoms with Gasteiger partial charge in [0, 0.05) is 18.4 Å². The minimum Gasteiger partial charge on any atom is -0.398 e. The Labute approximate surface area is 114 Å². The lowest BCUT2D eigenvalue weighted by Gasteiger charge is -2.36. The number of nitrogens with zero attached hydrogens (tertiary/aromatic N) is 2. The first kappa shape index (κ1) is 13.7. The number of likely N-dealkylation sites (N-methyl/N-ethyl adjacent to an activating group) is 1. The van der Waals surface area contributed by atoms with Crippen LogP contribution in [0.4, 0.5) is 11.4 Å². The highest BCUT2D eigenvalue weighted by molar-refractivity contribution is 5.59. The highest BCUT2D eigenvalue weighted by Crippen LogP contribution is 2.28. The molecule has 1 aromatic carbocycles. The zero-order valence-corrected chi connectivity index (χ0v) is 11.3. The van der Waals surface area contributed by atoms with Crippen LogP contribution >= 0.6 is 0 Å². The van der Waals surface area contributed by atoms with Gasteiger partial charge in [0.25, 0.3) is 0 Å². The summed E-state index contributed by atoms with van der Waals surface area (Å²) in [5.74, 6) is 0. The van der Waals surface area contributed by atoms with E-state index in [1.54, 1.807) is 0 Å². The van der Waals surface area contributed by atoms with Crippen molar-refractivity contribution in [3.63, 3.8) is 0 Å². The van der Waals surface area contributed by atoms with Crippen molar-refractivity contribution < 1.29 is 5.11 Å². The van der Waals surface area contributed by atoms with E-state index in [-0.39, 0.29) is 12.1 Å². The van der Waals surface area contributed by atoms with E-state index in [0.29, 0.717) is 12.1 Å². The molecule has 3 N–H and O–H groups in total. The number of hydrogen-bond donors (Lipinski definition) is 2. The van der Waals surface area contributed by atoms with Crippen LogP contribution in [-0.4, -0.2) is 24.3 Å². The van der Waals surface area contributed by atoms with Gasteiger partial charge in [-0.3, -0.25) is 0 Å². The molecule has 4 nitrogen and oxygen atoms in total. The Morgan fingerprint density at radius 3 is 2.84 bits per heavy atom. The van der Waals surface area contributed by atoms with Gasteiger partial charge in [-0.25, -0.2) is 0 Å². The Morgan fingerprint density at radius 1 is 1.42 bits per heavy atom. The molecule has 0 spiro atoms. The fourth-order valence-corrected chi connectivity index (χ4v) is 2.78. The van der Waals surface area contributed by atoms with E-state index in [2.05, 4.69) is 11.0 Å². The van der Waals surface area contributed by atoms with Crippen molar-refractivity contribution in [2.45, 2.75) is 44.2 Å². The van der Waals surface area contributed by atoms with Gasteiger partial charge in [-0.1, -0.05) is 12.8 Å². The fourth-order valence-electron chi connectivity index (χ4n) is 2.78. The van der Waals surface area contributed by atoms with Gasteiger partial charge in [0.1, 0.15) is 0 Å². The van der Waals surface area contributed by atoms with Crippen molar-refractivity contribution in [3.8, 4) is 6.07 Å². The quantitative estimate of drug-likeness (QED) is 0.815. The van der Waals surface area contributed by atoms with E-state index < -0.39 is 0 Å². The van der Waals surface area contributed by atoms with Crippen molar-refractivity contribution in [2.24, 2.45) is 0 Å². The number of hydrogen-bond acceptors (Lipinski definition) is 4. The van der Waals surface area contributed by atoms with Crippen LogP contribution in [0.1, 0.15) is 31.2 Å². The molecule has 1 aromatic rings. The van der Waals surface area contributed by atoms with E-state index >= 15 is 0 Å². The van der Waals surface area contributed by atoms with Gasteiger partial charge in [-0.15, -0.1) is 0 Å². The topological polar surface area (TPSA) is 73.3 Å². The summed E-state index contributed by atoms with van der Waals surface area (Å²) in [7, 11) is 2.00. The average molecular weight is 259 g/mol. The van der Waals surface area contributed by atoms with Crippen LogP contribution < -0.4 is 10.6 Å². The van der Waals surface area contributed by atoms with Crippen LogP contribution in [0, 0.1) is 11.3 Å². The summed E-state index contributed by atoms with van der Waals surface area (Å²) >= 11 is 0. The lowest BCUT2D eigenvalue weighted by molar-refractivity contribution is 0.106. The molecule has 1 fully saturated rings. The second-order valence-electron chi connectivity index (χ2n) is 5.25. The predicted molar refractivity (Wildman–Crippen MR) is 76.8 cm³/mol. The summed E-state index contributed by atoms with van der Waals surface area (Å²) in [6.07, 6.45) is 4.19. The second kappa shape index (κ2) is 5.94. The number of anilines is 2. The van der Waals surface area contributed by atoms with Crippen LogP contribution in [0.25, 0.3) is 0 Å². The van der Waals surface area contributed by atoms with Crippen LogP contribution in [0.3, 0.4) is 0 Å². The van der Waals surface area contributed by atoms with E-state index in [0.717, 1.165) is 36.9 Å². The standard InChI is InChI=1S/C15H21N3O/c1-18(14-4-2-3-5-15(14)19)12-6-7-13(17)11(10-12)8-9-16/h6-7,10,14-15,19H,2-5,8,17H2,1H3. The van der Waals surface area contributed by atoms with Crippen molar-refractivity contribution in [2.75, 3.05) is 17.7 Å². The third-order valence-electron chi connectivity index (χ3n) is 3.99. The summed E-state index contributed by atoms with van der Waals surface area (Å²) in [4.78, 5) is 2.12. The molecule has 0 aliphatic heterocycles. The molecule has 4 heteroatoms. The van der Waals surface area contributed by atoms with E-state index in [9.17, 15) is 5.11 Å². The molecule has 2 rings (SSSR count). The first-order valence-corrected chi connectivity index (χ1v) is 6.79. The number of nitrogen functional groups attached to an aromatic ring is 1. The van der Waals surface area contributed by atoms with E-state index in [1.165, 1.54) is 0 Å². The lowest BCUT2D eigenvalue weighted by atomic mass is 9.91. The maximum absolute atomic E-state index is 10.1. The molecule has 1 aliphatic rings. The summed E-state index contributed by atoms with van der Waals surface area (Å²) in [6, 6.07) is 8.05. The first-order chi connectivity index (χ1) is 9.13. The lowest BCUT2D eigenvalue weighted by Crippen LogP contribution is -2.43. The molecule has 102 valence electrons. The summed E-state index contributed by atoms with van der Waals surface area (Å²) in [6.45, 7) is 0. The van der Waals surface area contributed by atoms with Crippen LogP contribution in [-0.2, 0) is 6.42 Å². The molecular weight excluding hydrogens is 238 g/mol. The van der Waals surface area contributed by atoms with Gasteiger partial charge in [-0.05, 0) is 36.6 Å². The van der Waals surface area contributed by atoms with Gasteiger partial charge in [0.15, 0.2) is 0 Å². The molecule has 0 aromatic heterocycles.